The molecule has 3 rings (SSSR count). The number of rotatable bonds is 8. The quantitative estimate of drug-likeness (QED) is 0.309. The van der Waals surface area contributed by atoms with E-state index in [2.05, 4.69) is 30.4 Å². The van der Waals surface area contributed by atoms with E-state index in [1.165, 1.54) is 7.11 Å². The summed E-state index contributed by atoms with van der Waals surface area (Å²) in [5, 5.41) is 10.9. The highest BCUT2D eigenvalue weighted by molar-refractivity contribution is 7.89. The van der Waals surface area contributed by atoms with Crippen LogP contribution in [0, 0.1) is 0 Å². The molecular weight excluding hydrogens is 394 g/mol. The van der Waals surface area contributed by atoms with E-state index in [9.17, 15) is 8.42 Å². The molecule has 2 heterocycles. The summed E-state index contributed by atoms with van der Waals surface area (Å²) in [6, 6.07) is 7.02. The molecule has 1 aliphatic rings. The van der Waals surface area contributed by atoms with Crippen LogP contribution in [0.25, 0.3) is 0 Å². The Hall–Kier alpha value is -2.50. The van der Waals surface area contributed by atoms with Crippen LogP contribution in [0.4, 0.5) is 0 Å². The Morgan fingerprint density at radius 1 is 1.41 bits per heavy atom. The van der Waals surface area contributed by atoms with Gasteiger partial charge in [-0.3, -0.25) is 4.99 Å². The van der Waals surface area contributed by atoms with Crippen molar-refractivity contribution in [2.24, 2.45) is 4.99 Å². The van der Waals surface area contributed by atoms with Gasteiger partial charge in [-0.2, -0.15) is 5.10 Å². The van der Waals surface area contributed by atoms with E-state index >= 15 is 0 Å². The zero-order valence-corrected chi connectivity index (χ0v) is 17.4. The zero-order valence-electron chi connectivity index (χ0n) is 16.6. The smallest absolute Gasteiger partial charge is 0.240 e. The fourth-order valence-electron chi connectivity index (χ4n) is 3.11. The number of hydrogen-bond donors (Lipinski definition) is 3. The molecule has 0 aliphatic carbocycles. The molecule has 0 saturated carbocycles. The normalized spacial score (nSPS) is 17.0. The van der Waals surface area contributed by atoms with Gasteiger partial charge < -0.3 is 15.4 Å². The van der Waals surface area contributed by atoms with E-state index in [4.69, 9.17) is 4.74 Å². The van der Waals surface area contributed by atoms with E-state index in [1.54, 1.807) is 31.6 Å². The van der Waals surface area contributed by atoms with Gasteiger partial charge in [-0.1, -0.05) is 12.1 Å². The van der Waals surface area contributed by atoms with E-state index in [1.807, 2.05) is 10.7 Å². The van der Waals surface area contributed by atoms with Crippen molar-refractivity contribution >= 4 is 16.0 Å². The van der Waals surface area contributed by atoms with Crippen molar-refractivity contribution in [2.45, 2.75) is 36.9 Å². The Kier molecular flexibility index (Phi) is 7.18. The van der Waals surface area contributed by atoms with Crippen LogP contribution in [0.1, 0.15) is 17.8 Å². The molecule has 0 bridgehead atoms. The van der Waals surface area contributed by atoms with Crippen LogP contribution in [0.5, 0.6) is 0 Å². The third kappa shape index (κ3) is 5.75. The number of benzene rings is 1. The molecule has 1 aromatic carbocycles. The highest BCUT2D eigenvalue weighted by Gasteiger charge is 2.20. The molecule has 0 fully saturated rings. The average molecular weight is 422 g/mol. The second-order valence-corrected chi connectivity index (χ2v) is 8.47. The molecule has 0 radical (unpaired) electrons. The molecule has 10 nitrogen and oxygen atoms in total. The van der Waals surface area contributed by atoms with Crippen LogP contribution >= 0.6 is 0 Å². The Balaban J connectivity index is 1.56. The van der Waals surface area contributed by atoms with Gasteiger partial charge in [0.2, 0.25) is 10.0 Å². The topological polar surface area (TPSA) is 123 Å². The lowest BCUT2D eigenvalue weighted by atomic mass is 10.1. The maximum atomic E-state index is 12.4. The predicted molar refractivity (Wildman–Crippen MR) is 109 cm³/mol. The molecule has 29 heavy (non-hydrogen) atoms. The van der Waals surface area contributed by atoms with Gasteiger partial charge in [0.15, 0.2) is 5.96 Å². The maximum Gasteiger partial charge on any atom is 0.240 e. The van der Waals surface area contributed by atoms with E-state index in [-0.39, 0.29) is 17.5 Å². The van der Waals surface area contributed by atoms with Gasteiger partial charge >= 0.3 is 0 Å². The van der Waals surface area contributed by atoms with E-state index in [0.29, 0.717) is 19.1 Å². The first-order valence-corrected chi connectivity index (χ1v) is 10.9. The summed E-state index contributed by atoms with van der Waals surface area (Å²) in [5.41, 5.74) is 0.838. The summed E-state index contributed by atoms with van der Waals surface area (Å²) in [5.74, 6) is 1.66. The molecule has 2 aromatic rings. The highest BCUT2D eigenvalue weighted by atomic mass is 32.2. The highest BCUT2D eigenvalue weighted by Crippen LogP contribution is 2.12. The number of aliphatic imine (C=N–C) groups is 1. The number of aryl methyl sites for hydroxylation is 1. The van der Waals surface area contributed by atoms with Crippen LogP contribution in [0.3, 0.4) is 0 Å². The minimum absolute atomic E-state index is 0.201. The number of aromatic nitrogens is 3. The average Bonchev–Trinajstić information content (AvgIpc) is 3.19. The van der Waals surface area contributed by atoms with Crippen molar-refractivity contribution in [3.63, 3.8) is 0 Å². The molecule has 0 saturated heterocycles. The number of methoxy groups -OCH3 is 1. The van der Waals surface area contributed by atoms with Gasteiger partial charge in [0.1, 0.15) is 12.2 Å². The number of fused-ring (bicyclic) bond motifs is 1. The fourth-order valence-corrected chi connectivity index (χ4v) is 4.20. The summed E-state index contributed by atoms with van der Waals surface area (Å²) in [7, 11) is -0.329. The Bertz CT molecular complexity index is 942. The summed E-state index contributed by atoms with van der Waals surface area (Å²) >= 11 is 0. The molecule has 1 aliphatic heterocycles. The second-order valence-electron chi connectivity index (χ2n) is 6.70. The van der Waals surface area contributed by atoms with E-state index < -0.39 is 10.0 Å². The van der Waals surface area contributed by atoms with Crippen LogP contribution < -0.4 is 15.4 Å². The monoisotopic (exact) mass is 421 g/mol. The molecule has 1 atom stereocenters. The first kappa shape index (κ1) is 21.2. The zero-order chi connectivity index (χ0) is 20.7. The van der Waals surface area contributed by atoms with Crippen molar-refractivity contribution in [3.05, 3.63) is 42.0 Å². The van der Waals surface area contributed by atoms with Crippen LogP contribution in [-0.2, 0) is 34.3 Å². The standard InChI is InChI=1S/C18H27N7O3S/c1-19-18(24-15-6-7-17-21-13-22-25(17)12-15)20-11-14-4-3-5-16(10-14)29(26,27)23-8-9-28-2/h3-5,10,13,15,23H,6-9,11-12H2,1-2H3,(H2,19,20,24). The largest absolute Gasteiger partial charge is 0.383 e. The number of ether oxygens (including phenoxy) is 1. The van der Waals surface area contributed by atoms with Crippen molar-refractivity contribution < 1.29 is 13.2 Å². The van der Waals surface area contributed by atoms with Gasteiger partial charge in [0, 0.05) is 39.7 Å². The first-order chi connectivity index (χ1) is 14.0. The Morgan fingerprint density at radius 2 is 2.28 bits per heavy atom. The number of hydrogen-bond acceptors (Lipinski definition) is 6. The number of guanidine groups is 1. The third-order valence-electron chi connectivity index (χ3n) is 4.64. The minimum atomic E-state index is -3.56. The fraction of sp³-hybridized carbons (Fsp3) is 0.500. The molecule has 158 valence electrons. The van der Waals surface area contributed by atoms with Crippen molar-refractivity contribution in [2.75, 3.05) is 27.3 Å². The van der Waals surface area contributed by atoms with Gasteiger partial charge in [-0.25, -0.2) is 22.8 Å². The molecular formula is C18H27N7O3S. The summed E-state index contributed by atoms with van der Waals surface area (Å²) in [6.45, 7) is 1.73. The second kappa shape index (κ2) is 9.81. The molecule has 1 aromatic heterocycles. The maximum absolute atomic E-state index is 12.4. The van der Waals surface area contributed by atoms with Crippen molar-refractivity contribution in [1.29, 1.82) is 0 Å². The molecule has 11 heteroatoms. The number of nitrogens with zero attached hydrogens (tertiary/aromatic N) is 4. The number of sulfonamides is 1. The van der Waals surface area contributed by atoms with Gasteiger partial charge in [0.25, 0.3) is 0 Å². The molecule has 1 unspecified atom stereocenters. The predicted octanol–water partition coefficient (Wildman–Crippen LogP) is -0.117. The lowest BCUT2D eigenvalue weighted by Gasteiger charge is -2.25. The van der Waals surface area contributed by atoms with E-state index in [0.717, 1.165) is 30.8 Å². The molecule has 0 amide bonds. The van der Waals surface area contributed by atoms with Gasteiger partial charge in [-0.15, -0.1) is 0 Å². The summed E-state index contributed by atoms with van der Waals surface area (Å²) < 4.78 is 34.0. The lowest BCUT2D eigenvalue weighted by Crippen LogP contribution is -2.46. The summed E-state index contributed by atoms with van der Waals surface area (Å²) in [4.78, 5) is 8.73. The summed E-state index contributed by atoms with van der Waals surface area (Å²) in [6.07, 6.45) is 3.39. The molecule has 0 spiro atoms. The lowest BCUT2D eigenvalue weighted by molar-refractivity contribution is 0.204. The van der Waals surface area contributed by atoms with Crippen molar-refractivity contribution in [3.8, 4) is 0 Å². The van der Waals surface area contributed by atoms with Crippen molar-refractivity contribution in [1.82, 2.24) is 30.1 Å². The Labute approximate surface area is 170 Å². The van der Waals surface area contributed by atoms with Crippen LogP contribution in [0.15, 0.2) is 40.5 Å². The number of nitrogens with one attached hydrogen (secondary N) is 3. The molecule has 3 N–H and O–H groups in total. The van der Waals surface area contributed by atoms with Gasteiger partial charge in [-0.05, 0) is 24.1 Å². The SMILES string of the molecule is CN=C(NCc1cccc(S(=O)(=O)NCCOC)c1)NC1CCc2ncnn2C1. The van der Waals surface area contributed by atoms with Gasteiger partial charge in [0.05, 0.1) is 18.0 Å². The van der Waals surface area contributed by atoms with Crippen LogP contribution in [-0.4, -0.2) is 62.5 Å². The first-order valence-electron chi connectivity index (χ1n) is 9.43. The third-order valence-corrected chi connectivity index (χ3v) is 6.10. The Morgan fingerprint density at radius 3 is 3.07 bits per heavy atom. The minimum Gasteiger partial charge on any atom is -0.383 e. The van der Waals surface area contributed by atoms with Crippen LogP contribution in [0.2, 0.25) is 0 Å².